The molecule has 0 amide bonds. The monoisotopic (exact) mass is 274 g/mol. The summed E-state index contributed by atoms with van der Waals surface area (Å²) in [4.78, 5) is 4.34. The van der Waals surface area contributed by atoms with Crippen molar-refractivity contribution in [3.63, 3.8) is 0 Å². The van der Waals surface area contributed by atoms with E-state index in [1.54, 1.807) is 6.07 Å². The quantitative estimate of drug-likeness (QED) is 0.927. The van der Waals surface area contributed by atoms with Crippen LogP contribution in [0.4, 0.5) is 4.39 Å². The van der Waals surface area contributed by atoms with Gasteiger partial charge in [-0.1, -0.05) is 18.2 Å². The van der Waals surface area contributed by atoms with E-state index in [2.05, 4.69) is 10.3 Å². The Morgan fingerprint density at radius 2 is 2.05 bits per heavy atom. The molecule has 1 aliphatic rings. The van der Waals surface area contributed by atoms with Gasteiger partial charge in [-0.15, -0.1) is 0 Å². The summed E-state index contributed by atoms with van der Waals surface area (Å²) < 4.78 is 19.2. The highest BCUT2D eigenvalue weighted by Gasteiger charge is 2.31. The van der Waals surface area contributed by atoms with E-state index in [0.717, 1.165) is 35.7 Å². The van der Waals surface area contributed by atoms with Crippen molar-refractivity contribution in [1.29, 1.82) is 0 Å². The van der Waals surface area contributed by atoms with Crippen molar-refractivity contribution in [3.8, 4) is 0 Å². The van der Waals surface area contributed by atoms with Crippen LogP contribution in [0.2, 0.25) is 0 Å². The van der Waals surface area contributed by atoms with Crippen LogP contribution in [0.25, 0.3) is 0 Å². The van der Waals surface area contributed by atoms with Gasteiger partial charge in [-0.05, 0) is 44.2 Å². The number of oxazole rings is 1. The van der Waals surface area contributed by atoms with Gasteiger partial charge in [-0.25, -0.2) is 9.37 Å². The summed E-state index contributed by atoms with van der Waals surface area (Å²) in [7, 11) is 0. The van der Waals surface area contributed by atoms with E-state index < -0.39 is 0 Å². The molecule has 0 spiro atoms. The Balaban J connectivity index is 1.50. The summed E-state index contributed by atoms with van der Waals surface area (Å²) in [6, 6.07) is 7.48. The van der Waals surface area contributed by atoms with Gasteiger partial charge in [-0.2, -0.15) is 0 Å². The SMILES string of the molecule is Cc1nc(CNC2CC(c3ccccc3F)C2)oc1C. The minimum absolute atomic E-state index is 0.0881. The zero-order valence-electron chi connectivity index (χ0n) is 11.8. The molecule has 3 nitrogen and oxygen atoms in total. The molecule has 0 aliphatic heterocycles. The first-order valence-electron chi connectivity index (χ1n) is 7.04. The molecule has 1 heterocycles. The largest absolute Gasteiger partial charge is 0.444 e. The van der Waals surface area contributed by atoms with Crippen molar-refractivity contribution in [2.75, 3.05) is 0 Å². The van der Waals surface area contributed by atoms with E-state index in [0.29, 0.717) is 18.5 Å². The third-order valence-electron chi connectivity index (χ3n) is 4.10. The first-order valence-corrected chi connectivity index (χ1v) is 7.04. The molecule has 1 aliphatic carbocycles. The van der Waals surface area contributed by atoms with Gasteiger partial charge >= 0.3 is 0 Å². The fourth-order valence-corrected chi connectivity index (χ4v) is 2.69. The molecule has 1 saturated carbocycles. The molecule has 4 heteroatoms. The van der Waals surface area contributed by atoms with E-state index in [-0.39, 0.29) is 5.82 Å². The standard InChI is InChI=1S/C16H19FN2O/c1-10-11(2)20-16(19-10)9-18-13-7-12(8-13)14-5-3-4-6-15(14)17/h3-6,12-13,18H,7-9H2,1-2H3. The average Bonchev–Trinajstić information content (AvgIpc) is 2.69. The molecule has 106 valence electrons. The second kappa shape index (κ2) is 5.37. The molecule has 1 fully saturated rings. The van der Waals surface area contributed by atoms with E-state index in [1.807, 2.05) is 26.0 Å². The Labute approximate surface area is 118 Å². The van der Waals surface area contributed by atoms with Crippen LogP contribution in [0.1, 0.15) is 41.7 Å². The predicted molar refractivity (Wildman–Crippen MR) is 75.0 cm³/mol. The molecule has 0 saturated heterocycles. The summed E-state index contributed by atoms with van der Waals surface area (Å²) in [5, 5.41) is 3.42. The van der Waals surface area contributed by atoms with E-state index in [4.69, 9.17) is 4.42 Å². The Morgan fingerprint density at radius 3 is 2.70 bits per heavy atom. The normalized spacial score (nSPS) is 21.8. The zero-order valence-corrected chi connectivity index (χ0v) is 11.8. The maximum atomic E-state index is 13.6. The smallest absolute Gasteiger partial charge is 0.208 e. The zero-order chi connectivity index (χ0) is 14.1. The number of rotatable bonds is 4. The van der Waals surface area contributed by atoms with Crippen LogP contribution < -0.4 is 5.32 Å². The van der Waals surface area contributed by atoms with E-state index in [1.165, 1.54) is 6.07 Å². The summed E-state index contributed by atoms with van der Waals surface area (Å²) in [6.07, 6.45) is 1.94. The van der Waals surface area contributed by atoms with Crippen LogP contribution in [0.15, 0.2) is 28.7 Å². The van der Waals surface area contributed by atoms with Crippen LogP contribution >= 0.6 is 0 Å². The highest BCUT2D eigenvalue weighted by Crippen LogP contribution is 2.38. The topological polar surface area (TPSA) is 38.1 Å². The van der Waals surface area contributed by atoms with Crippen molar-refractivity contribution in [1.82, 2.24) is 10.3 Å². The maximum absolute atomic E-state index is 13.6. The molecule has 2 aromatic rings. The van der Waals surface area contributed by atoms with Crippen LogP contribution in [-0.2, 0) is 6.54 Å². The minimum Gasteiger partial charge on any atom is -0.444 e. The maximum Gasteiger partial charge on any atom is 0.208 e. The number of nitrogens with zero attached hydrogens (tertiary/aromatic N) is 1. The van der Waals surface area contributed by atoms with Gasteiger partial charge in [0.1, 0.15) is 11.6 Å². The highest BCUT2D eigenvalue weighted by molar-refractivity contribution is 5.24. The van der Waals surface area contributed by atoms with Crippen molar-refractivity contribution < 1.29 is 8.81 Å². The van der Waals surface area contributed by atoms with Crippen molar-refractivity contribution in [2.24, 2.45) is 0 Å². The second-order valence-electron chi connectivity index (χ2n) is 5.52. The molecule has 20 heavy (non-hydrogen) atoms. The van der Waals surface area contributed by atoms with Gasteiger partial charge in [0.05, 0.1) is 12.2 Å². The number of benzene rings is 1. The summed E-state index contributed by atoms with van der Waals surface area (Å²) in [6.45, 7) is 4.51. The fraction of sp³-hybridized carbons (Fsp3) is 0.438. The number of aromatic nitrogens is 1. The lowest BCUT2D eigenvalue weighted by atomic mass is 9.75. The summed E-state index contributed by atoms with van der Waals surface area (Å²) >= 11 is 0. The third-order valence-corrected chi connectivity index (χ3v) is 4.10. The van der Waals surface area contributed by atoms with Gasteiger partial charge in [-0.3, -0.25) is 0 Å². The van der Waals surface area contributed by atoms with Crippen molar-refractivity contribution in [3.05, 3.63) is 53.0 Å². The lowest BCUT2D eigenvalue weighted by Crippen LogP contribution is -2.39. The van der Waals surface area contributed by atoms with Crippen LogP contribution in [0.3, 0.4) is 0 Å². The minimum atomic E-state index is -0.0881. The van der Waals surface area contributed by atoms with Gasteiger partial charge in [0, 0.05) is 6.04 Å². The highest BCUT2D eigenvalue weighted by atomic mass is 19.1. The lowest BCUT2D eigenvalue weighted by Gasteiger charge is -2.36. The first kappa shape index (κ1) is 13.3. The Morgan fingerprint density at radius 1 is 1.30 bits per heavy atom. The molecular formula is C16H19FN2O. The number of halogens is 1. The average molecular weight is 274 g/mol. The van der Waals surface area contributed by atoms with Crippen LogP contribution in [-0.4, -0.2) is 11.0 Å². The summed E-state index contributed by atoms with van der Waals surface area (Å²) in [5.74, 6) is 1.85. The molecule has 1 aromatic carbocycles. The van der Waals surface area contributed by atoms with Gasteiger partial charge in [0.15, 0.2) is 0 Å². The lowest BCUT2D eigenvalue weighted by molar-refractivity contribution is 0.274. The third kappa shape index (κ3) is 2.61. The molecular weight excluding hydrogens is 255 g/mol. The molecule has 3 rings (SSSR count). The molecule has 0 radical (unpaired) electrons. The molecule has 1 aromatic heterocycles. The molecule has 0 unspecified atom stereocenters. The summed E-state index contributed by atoms with van der Waals surface area (Å²) in [5.41, 5.74) is 1.79. The second-order valence-corrected chi connectivity index (χ2v) is 5.52. The fourth-order valence-electron chi connectivity index (χ4n) is 2.69. The van der Waals surface area contributed by atoms with E-state index in [9.17, 15) is 4.39 Å². The Bertz CT molecular complexity index is 583. The van der Waals surface area contributed by atoms with Crippen LogP contribution in [0.5, 0.6) is 0 Å². The molecule has 0 atom stereocenters. The number of hydrogen-bond acceptors (Lipinski definition) is 3. The number of nitrogens with one attached hydrogen (secondary N) is 1. The molecule has 1 N–H and O–H groups in total. The Hall–Kier alpha value is -1.68. The van der Waals surface area contributed by atoms with Gasteiger partial charge in [0.25, 0.3) is 0 Å². The van der Waals surface area contributed by atoms with Gasteiger partial charge in [0.2, 0.25) is 5.89 Å². The van der Waals surface area contributed by atoms with Crippen molar-refractivity contribution >= 4 is 0 Å². The number of hydrogen-bond donors (Lipinski definition) is 1. The Kier molecular flexibility index (Phi) is 3.57. The number of aryl methyl sites for hydroxylation is 2. The predicted octanol–water partition coefficient (Wildman–Crippen LogP) is 3.47. The van der Waals surface area contributed by atoms with E-state index >= 15 is 0 Å². The van der Waals surface area contributed by atoms with Gasteiger partial charge < -0.3 is 9.73 Å². The van der Waals surface area contributed by atoms with Crippen LogP contribution in [0, 0.1) is 19.7 Å². The first-order chi connectivity index (χ1) is 9.63. The van der Waals surface area contributed by atoms with Crippen molar-refractivity contribution in [2.45, 2.75) is 45.2 Å². The molecule has 0 bridgehead atoms.